The first kappa shape index (κ1) is 13.5. The Bertz CT molecular complexity index is 718. The molecule has 2 aromatic carbocycles. The van der Waals surface area contributed by atoms with Crippen molar-refractivity contribution in [3.8, 4) is 0 Å². The van der Waals surface area contributed by atoms with Crippen molar-refractivity contribution in [3.05, 3.63) is 53.6 Å². The number of hydrogen-bond acceptors (Lipinski definition) is 3. The van der Waals surface area contributed by atoms with Crippen molar-refractivity contribution in [2.75, 3.05) is 16.8 Å². The SMILES string of the molecule is NCc1ccc(N2CC(=O)Nc3ccccc32)c(F)c1F. The summed E-state index contributed by atoms with van der Waals surface area (Å²) < 4.78 is 28.2. The second-order valence-electron chi connectivity index (χ2n) is 4.73. The highest BCUT2D eigenvalue weighted by Crippen LogP contribution is 2.36. The average molecular weight is 289 g/mol. The third-order valence-electron chi connectivity index (χ3n) is 3.42. The third-order valence-corrected chi connectivity index (χ3v) is 3.42. The molecule has 0 aliphatic carbocycles. The number of hydrogen-bond donors (Lipinski definition) is 2. The molecule has 3 N–H and O–H groups in total. The van der Waals surface area contributed by atoms with Gasteiger partial charge in [0.1, 0.15) is 6.54 Å². The highest BCUT2D eigenvalue weighted by Gasteiger charge is 2.26. The molecule has 3 rings (SSSR count). The summed E-state index contributed by atoms with van der Waals surface area (Å²) in [4.78, 5) is 13.2. The van der Waals surface area contributed by atoms with Gasteiger partial charge < -0.3 is 16.0 Å². The van der Waals surface area contributed by atoms with Gasteiger partial charge >= 0.3 is 0 Å². The molecule has 21 heavy (non-hydrogen) atoms. The Morgan fingerprint density at radius 3 is 2.62 bits per heavy atom. The summed E-state index contributed by atoms with van der Waals surface area (Å²) in [5.41, 5.74) is 6.67. The third kappa shape index (κ3) is 2.23. The Kier molecular flexibility index (Phi) is 3.31. The van der Waals surface area contributed by atoms with Gasteiger partial charge in [0, 0.05) is 12.1 Å². The van der Waals surface area contributed by atoms with Crippen LogP contribution in [-0.4, -0.2) is 12.5 Å². The lowest BCUT2D eigenvalue weighted by Gasteiger charge is -2.31. The van der Waals surface area contributed by atoms with E-state index in [0.29, 0.717) is 11.4 Å². The number of para-hydroxylation sites is 2. The van der Waals surface area contributed by atoms with Crippen LogP contribution >= 0.6 is 0 Å². The molecule has 4 nitrogen and oxygen atoms in total. The minimum Gasteiger partial charge on any atom is -0.328 e. The largest absolute Gasteiger partial charge is 0.328 e. The highest BCUT2D eigenvalue weighted by molar-refractivity contribution is 6.03. The summed E-state index contributed by atoms with van der Waals surface area (Å²) in [7, 11) is 0. The number of rotatable bonds is 2. The molecule has 0 bridgehead atoms. The van der Waals surface area contributed by atoms with Gasteiger partial charge in [0.15, 0.2) is 11.6 Å². The van der Waals surface area contributed by atoms with Crippen molar-refractivity contribution in [2.45, 2.75) is 6.54 Å². The van der Waals surface area contributed by atoms with Gasteiger partial charge in [-0.25, -0.2) is 8.78 Å². The molecule has 0 aromatic heterocycles. The molecule has 1 aliphatic heterocycles. The maximum absolute atomic E-state index is 14.3. The molecule has 6 heteroatoms. The van der Waals surface area contributed by atoms with Crippen molar-refractivity contribution in [3.63, 3.8) is 0 Å². The van der Waals surface area contributed by atoms with Crippen molar-refractivity contribution in [2.24, 2.45) is 5.73 Å². The van der Waals surface area contributed by atoms with Gasteiger partial charge in [-0.1, -0.05) is 18.2 Å². The molecule has 0 saturated carbocycles. The molecule has 0 atom stereocenters. The first-order valence-electron chi connectivity index (χ1n) is 6.45. The Morgan fingerprint density at radius 2 is 1.86 bits per heavy atom. The minimum absolute atomic E-state index is 0.0204. The number of benzene rings is 2. The molecule has 1 heterocycles. The maximum Gasteiger partial charge on any atom is 0.244 e. The number of anilines is 3. The number of carbonyl (C=O) groups is 1. The van der Waals surface area contributed by atoms with Crippen LogP contribution in [0.5, 0.6) is 0 Å². The Labute approximate surface area is 120 Å². The van der Waals surface area contributed by atoms with Crippen LogP contribution in [0.3, 0.4) is 0 Å². The van der Waals surface area contributed by atoms with Crippen LogP contribution in [-0.2, 0) is 11.3 Å². The van der Waals surface area contributed by atoms with Gasteiger partial charge in [-0.3, -0.25) is 4.79 Å². The summed E-state index contributed by atoms with van der Waals surface area (Å²) in [5.74, 6) is -2.25. The monoisotopic (exact) mass is 289 g/mol. The van der Waals surface area contributed by atoms with Crippen LogP contribution in [0.25, 0.3) is 0 Å². The highest BCUT2D eigenvalue weighted by atomic mass is 19.2. The van der Waals surface area contributed by atoms with E-state index < -0.39 is 11.6 Å². The normalized spacial score (nSPS) is 13.9. The summed E-state index contributed by atoms with van der Waals surface area (Å²) in [5, 5.41) is 2.70. The fourth-order valence-electron chi connectivity index (χ4n) is 2.39. The number of fused-ring (bicyclic) bond motifs is 1. The molecule has 1 aliphatic rings. The smallest absolute Gasteiger partial charge is 0.244 e. The second-order valence-corrected chi connectivity index (χ2v) is 4.73. The summed E-state index contributed by atoms with van der Waals surface area (Å²) in [6.45, 7) is -0.157. The van der Waals surface area contributed by atoms with E-state index >= 15 is 0 Å². The van der Waals surface area contributed by atoms with E-state index in [-0.39, 0.29) is 30.2 Å². The lowest BCUT2D eigenvalue weighted by Crippen LogP contribution is -2.35. The molecule has 0 fully saturated rings. The van der Waals surface area contributed by atoms with Crippen LogP contribution in [0.4, 0.5) is 25.8 Å². The van der Waals surface area contributed by atoms with Gasteiger partial charge in [0.25, 0.3) is 0 Å². The summed E-state index contributed by atoms with van der Waals surface area (Å²) >= 11 is 0. The van der Waals surface area contributed by atoms with Crippen molar-refractivity contribution < 1.29 is 13.6 Å². The van der Waals surface area contributed by atoms with E-state index in [9.17, 15) is 13.6 Å². The van der Waals surface area contributed by atoms with Crippen molar-refractivity contribution >= 4 is 23.0 Å². The molecular formula is C15H13F2N3O. The molecular weight excluding hydrogens is 276 g/mol. The van der Waals surface area contributed by atoms with E-state index in [1.165, 1.54) is 17.0 Å². The molecule has 0 unspecified atom stereocenters. The molecule has 0 saturated heterocycles. The Morgan fingerprint density at radius 1 is 1.10 bits per heavy atom. The van der Waals surface area contributed by atoms with Crippen LogP contribution < -0.4 is 16.0 Å². The number of nitrogens with two attached hydrogens (primary N) is 1. The number of amides is 1. The molecule has 1 amide bonds. The summed E-state index contributed by atoms with van der Waals surface area (Å²) in [6, 6.07) is 9.85. The van der Waals surface area contributed by atoms with E-state index in [2.05, 4.69) is 5.32 Å². The standard InChI is InChI=1S/C15H13F2N3O/c16-14-9(7-18)5-6-12(15(14)17)20-8-13(21)19-10-3-1-2-4-11(10)20/h1-6H,7-8,18H2,(H,19,21). The van der Waals surface area contributed by atoms with Gasteiger partial charge in [0.2, 0.25) is 5.91 Å². The van der Waals surface area contributed by atoms with E-state index in [1.54, 1.807) is 24.3 Å². The van der Waals surface area contributed by atoms with E-state index in [1.807, 2.05) is 0 Å². The van der Waals surface area contributed by atoms with Gasteiger partial charge in [-0.2, -0.15) is 0 Å². The number of halogens is 2. The lowest BCUT2D eigenvalue weighted by atomic mass is 10.1. The molecule has 0 radical (unpaired) electrons. The Balaban J connectivity index is 2.13. The predicted octanol–water partition coefficient (Wildman–Crippen LogP) is 2.51. The second kappa shape index (κ2) is 5.14. The fraction of sp³-hybridized carbons (Fsp3) is 0.133. The van der Waals surface area contributed by atoms with Gasteiger partial charge in [-0.15, -0.1) is 0 Å². The van der Waals surface area contributed by atoms with E-state index in [4.69, 9.17) is 5.73 Å². The fourth-order valence-corrected chi connectivity index (χ4v) is 2.39. The number of nitrogens with one attached hydrogen (secondary N) is 1. The zero-order valence-electron chi connectivity index (χ0n) is 11.1. The zero-order chi connectivity index (χ0) is 15.0. The molecule has 0 spiro atoms. The number of carbonyl (C=O) groups excluding carboxylic acids is 1. The van der Waals surface area contributed by atoms with Crippen LogP contribution in [0, 0.1) is 11.6 Å². The van der Waals surface area contributed by atoms with E-state index in [0.717, 1.165) is 0 Å². The zero-order valence-corrected chi connectivity index (χ0v) is 11.1. The minimum atomic E-state index is -0.998. The first-order chi connectivity index (χ1) is 10.1. The average Bonchev–Trinajstić information content (AvgIpc) is 2.49. The van der Waals surface area contributed by atoms with Crippen LogP contribution in [0.1, 0.15) is 5.56 Å². The lowest BCUT2D eigenvalue weighted by molar-refractivity contribution is -0.115. The molecule has 108 valence electrons. The van der Waals surface area contributed by atoms with Crippen LogP contribution in [0.2, 0.25) is 0 Å². The van der Waals surface area contributed by atoms with Crippen molar-refractivity contribution in [1.82, 2.24) is 0 Å². The van der Waals surface area contributed by atoms with Gasteiger partial charge in [0.05, 0.1) is 17.1 Å². The van der Waals surface area contributed by atoms with Crippen LogP contribution in [0.15, 0.2) is 36.4 Å². The predicted molar refractivity (Wildman–Crippen MR) is 76.3 cm³/mol. The molecule has 2 aromatic rings. The topological polar surface area (TPSA) is 58.4 Å². The van der Waals surface area contributed by atoms with Crippen molar-refractivity contribution in [1.29, 1.82) is 0 Å². The Hall–Kier alpha value is -2.47. The quantitative estimate of drug-likeness (QED) is 0.893. The number of nitrogens with zero attached hydrogens (tertiary/aromatic N) is 1. The maximum atomic E-state index is 14.3. The summed E-state index contributed by atoms with van der Waals surface area (Å²) in [6.07, 6.45) is 0. The van der Waals surface area contributed by atoms with Gasteiger partial charge in [-0.05, 0) is 18.2 Å². The first-order valence-corrected chi connectivity index (χ1v) is 6.45.